The highest BCUT2D eigenvalue weighted by atomic mass is 16.7. The molecular formula is C25H33N3O5. The van der Waals surface area contributed by atoms with E-state index in [0.717, 1.165) is 56.0 Å². The van der Waals surface area contributed by atoms with E-state index in [0.29, 0.717) is 12.2 Å². The Morgan fingerprint density at radius 1 is 1.09 bits per heavy atom. The lowest BCUT2D eigenvalue weighted by Gasteiger charge is -2.39. The van der Waals surface area contributed by atoms with Gasteiger partial charge in [-0.05, 0) is 30.2 Å². The SMILES string of the molecule is CCNC(=O)Nc1cccc([C@@H]2O[C@H](CN3CCOCC3)C[C@H](c3ccc(CO)cc3)O2)c1. The van der Waals surface area contributed by atoms with Gasteiger partial charge in [-0.1, -0.05) is 36.4 Å². The normalized spacial score (nSPS) is 23.8. The Labute approximate surface area is 194 Å². The van der Waals surface area contributed by atoms with Gasteiger partial charge >= 0.3 is 6.03 Å². The van der Waals surface area contributed by atoms with Crippen molar-refractivity contribution in [3.63, 3.8) is 0 Å². The van der Waals surface area contributed by atoms with Crippen molar-refractivity contribution in [3.05, 3.63) is 65.2 Å². The number of nitrogens with zero attached hydrogens (tertiary/aromatic N) is 1. The minimum Gasteiger partial charge on any atom is -0.392 e. The first kappa shape index (κ1) is 23.7. The number of carbonyl (C=O) groups excluding carboxylic acids is 1. The van der Waals surface area contributed by atoms with E-state index in [1.807, 2.05) is 55.5 Å². The van der Waals surface area contributed by atoms with Gasteiger partial charge in [0.05, 0.1) is 32.0 Å². The van der Waals surface area contributed by atoms with Crippen LogP contribution in [0.3, 0.4) is 0 Å². The summed E-state index contributed by atoms with van der Waals surface area (Å²) in [4.78, 5) is 14.3. The highest BCUT2D eigenvalue weighted by Crippen LogP contribution is 2.38. The summed E-state index contributed by atoms with van der Waals surface area (Å²) in [6.45, 7) is 6.54. The highest BCUT2D eigenvalue weighted by molar-refractivity contribution is 5.89. The summed E-state index contributed by atoms with van der Waals surface area (Å²) in [6, 6.07) is 15.2. The number of carbonyl (C=O) groups is 1. The van der Waals surface area contributed by atoms with Gasteiger partial charge in [-0.2, -0.15) is 0 Å². The van der Waals surface area contributed by atoms with Crippen molar-refractivity contribution in [1.82, 2.24) is 10.2 Å². The number of aliphatic hydroxyl groups is 1. The lowest BCUT2D eigenvalue weighted by Crippen LogP contribution is -2.44. The molecule has 0 aliphatic carbocycles. The summed E-state index contributed by atoms with van der Waals surface area (Å²) < 4.78 is 18.3. The Balaban J connectivity index is 1.53. The number of anilines is 1. The predicted molar refractivity (Wildman–Crippen MR) is 125 cm³/mol. The van der Waals surface area contributed by atoms with Gasteiger partial charge in [0.15, 0.2) is 6.29 Å². The van der Waals surface area contributed by atoms with Gasteiger partial charge in [-0.3, -0.25) is 4.90 Å². The van der Waals surface area contributed by atoms with Crippen molar-refractivity contribution in [2.24, 2.45) is 0 Å². The van der Waals surface area contributed by atoms with Gasteiger partial charge in [0.25, 0.3) is 0 Å². The lowest BCUT2D eigenvalue weighted by atomic mass is 9.99. The molecule has 33 heavy (non-hydrogen) atoms. The van der Waals surface area contributed by atoms with Crippen LogP contribution < -0.4 is 10.6 Å². The molecule has 2 heterocycles. The van der Waals surface area contributed by atoms with E-state index in [1.54, 1.807) is 0 Å². The molecule has 2 aliphatic heterocycles. The zero-order valence-electron chi connectivity index (χ0n) is 19.0. The third-order valence-electron chi connectivity index (χ3n) is 5.93. The van der Waals surface area contributed by atoms with E-state index in [4.69, 9.17) is 14.2 Å². The Kier molecular flexibility index (Phi) is 8.30. The Morgan fingerprint density at radius 2 is 1.88 bits per heavy atom. The summed E-state index contributed by atoms with van der Waals surface area (Å²) in [7, 11) is 0. The molecule has 0 radical (unpaired) electrons. The molecule has 2 amide bonds. The monoisotopic (exact) mass is 455 g/mol. The largest absolute Gasteiger partial charge is 0.392 e. The van der Waals surface area contributed by atoms with Gasteiger partial charge in [-0.15, -0.1) is 0 Å². The van der Waals surface area contributed by atoms with E-state index < -0.39 is 6.29 Å². The Morgan fingerprint density at radius 3 is 2.61 bits per heavy atom. The van der Waals surface area contributed by atoms with Crippen molar-refractivity contribution < 1.29 is 24.1 Å². The van der Waals surface area contributed by atoms with E-state index in [1.165, 1.54) is 0 Å². The van der Waals surface area contributed by atoms with Crippen molar-refractivity contribution in [2.45, 2.75) is 38.4 Å². The lowest BCUT2D eigenvalue weighted by molar-refractivity contribution is -0.253. The molecule has 2 aromatic rings. The summed E-state index contributed by atoms with van der Waals surface area (Å²) in [5.74, 6) is 0. The van der Waals surface area contributed by atoms with E-state index in [-0.39, 0.29) is 24.8 Å². The van der Waals surface area contributed by atoms with Crippen LogP contribution in [-0.2, 0) is 20.8 Å². The van der Waals surface area contributed by atoms with Crippen LogP contribution in [0.5, 0.6) is 0 Å². The molecule has 3 N–H and O–H groups in total. The van der Waals surface area contributed by atoms with Gasteiger partial charge in [0, 0.05) is 43.9 Å². The summed E-state index contributed by atoms with van der Waals surface area (Å²) in [5, 5.41) is 15.0. The average Bonchev–Trinajstić information content (AvgIpc) is 2.85. The Hall–Kier alpha value is -2.49. The molecule has 0 bridgehead atoms. The topological polar surface area (TPSA) is 92.3 Å². The van der Waals surface area contributed by atoms with Crippen LogP contribution >= 0.6 is 0 Å². The molecule has 4 rings (SSSR count). The number of hydrogen-bond acceptors (Lipinski definition) is 6. The number of amides is 2. The van der Waals surface area contributed by atoms with Gasteiger partial charge < -0.3 is 30.0 Å². The van der Waals surface area contributed by atoms with Crippen molar-refractivity contribution in [2.75, 3.05) is 44.7 Å². The molecule has 8 nitrogen and oxygen atoms in total. The molecule has 8 heteroatoms. The molecule has 2 aliphatic rings. The maximum atomic E-state index is 11.9. The molecule has 2 fully saturated rings. The number of aliphatic hydroxyl groups excluding tert-OH is 1. The Bertz CT molecular complexity index is 901. The van der Waals surface area contributed by atoms with Crippen LogP contribution in [0.25, 0.3) is 0 Å². The van der Waals surface area contributed by atoms with Crippen LogP contribution in [0.2, 0.25) is 0 Å². The molecule has 0 unspecified atom stereocenters. The van der Waals surface area contributed by atoms with Crippen LogP contribution in [-0.4, -0.2) is 61.5 Å². The van der Waals surface area contributed by atoms with Crippen LogP contribution in [0, 0.1) is 0 Å². The molecule has 0 spiro atoms. The maximum Gasteiger partial charge on any atom is 0.319 e. The molecule has 3 atom stereocenters. The van der Waals surface area contributed by atoms with Crippen LogP contribution in [0.1, 0.15) is 42.4 Å². The number of urea groups is 1. The standard InChI is InChI=1S/C25H33N3O5/c1-2-26-25(30)27-21-5-3-4-20(14-21)24-32-22(16-28-10-12-31-13-11-28)15-23(33-24)19-8-6-18(17-29)7-9-19/h3-9,14,22-24,29H,2,10-13,15-17H2,1H3,(H2,26,27,30)/t22-,23+,24+/m0/s1. The van der Waals surface area contributed by atoms with E-state index >= 15 is 0 Å². The number of nitrogens with one attached hydrogen (secondary N) is 2. The van der Waals surface area contributed by atoms with Crippen molar-refractivity contribution in [3.8, 4) is 0 Å². The number of ether oxygens (including phenoxy) is 3. The quantitative estimate of drug-likeness (QED) is 0.594. The third kappa shape index (κ3) is 6.52. The van der Waals surface area contributed by atoms with Crippen LogP contribution in [0.4, 0.5) is 10.5 Å². The van der Waals surface area contributed by atoms with Gasteiger partial charge in [-0.25, -0.2) is 4.79 Å². The molecule has 0 saturated carbocycles. The van der Waals surface area contributed by atoms with Gasteiger partial charge in [0.2, 0.25) is 0 Å². The molecule has 178 valence electrons. The zero-order chi connectivity index (χ0) is 23.0. The second kappa shape index (κ2) is 11.6. The van der Waals surface area contributed by atoms with Crippen molar-refractivity contribution >= 4 is 11.7 Å². The summed E-state index contributed by atoms with van der Waals surface area (Å²) >= 11 is 0. The molecule has 2 aromatic carbocycles. The summed E-state index contributed by atoms with van der Waals surface area (Å²) in [5.41, 5.74) is 3.47. The second-order valence-corrected chi connectivity index (χ2v) is 8.37. The fourth-order valence-electron chi connectivity index (χ4n) is 4.20. The number of benzene rings is 2. The van der Waals surface area contributed by atoms with Crippen molar-refractivity contribution in [1.29, 1.82) is 0 Å². The van der Waals surface area contributed by atoms with E-state index in [9.17, 15) is 9.90 Å². The zero-order valence-corrected chi connectivity index (χ0v) is 19.0. The highest BCUT2D eigenvalue weighted by Gasteiger charge is 2.33. The number of hydrogen-bond donors (Lipinski definition) is 3. The smallest absolute Gasteiger partial charge is 0.319 e. The molecule has 2 saturated heterocycles. The van der Waals surface area contributed by atoms with Gasteiger partial charge in [0.1, 0.15) is 0 Å². The first-order valence-electron chi connectivity index (χ1n) is 11.6. The van der Waals surface area contributed by atoms with Crippen LogP contribution in [0.15, 0.2) is 48.5 Å². The van der Waals surface area contributed by atoms with E-state index in [2.05, 4.69) is 15.5 Å². The molecular weight excluding hydrogens is 422 g/mol. The average molecular weight is 456 g/mol. The summed E-state index contributed by atoms with van der Waals surface area (Å²) in [6.07, 6.45) is 0.0404. The number of morpholine rings is 1. The maximum absolute atomic E-state index is 11.9. The minimum absolute atomic E-state index is 0.00984. The fraction of sp³-hybridized carbons (Fsp3) is 0.480. The first-order chi connectivity index (χ1) is 16.1. The number of rotatable bonds is 7. The second-order valence-electron chi connectivity index (χ2n) is 8.37. The fourth-order valence-corrected chi connectivity index (χ4v) is 4.20. The third-order valence-corrected chi connectivity index (χ3v) is 5.93. The first-order valence-corrected chi connectivity index (χ1v) is 11.6. The predicted octanol–water partition coefficient (Wildman–Crippen LogP) is 3.20. The molecule has 0 aromatic heterocycles. The minimum atomic E-state index is -0.553.